The summed E-state index contributed by atoms with van der Waals surface area (Å²) in [5.74, 6) is 1.54. The van der Waals surface area contributed by atoms with Crippen molar-refractivity contribution in [3.63, 3.8) is 0 Å². The molecule has 0 saturated carbocycles. The lowest BCUT2D eigenvalue weighted by Gasteiger charge is -2.27. The zero-order valence-electron chi connectivity index (χ0n) is 18.2. The average Bonchev–Trinajstić information content (AvgIpc) is 2.77. The molecule has 1 aliphatic heterocycles. The van der Waals surface area contributed by atoms with Crippen molar-refractivity contribution in [2.75, 3.05) is 40.0 Å². The fraction of sp³-hybridized carbons (Fsp3) is 0.435. The van der Waals surface area contributed by atoms with Gasteiger partial charge in [0.2, 0.25) is 0 Å². The molecule has 0 radical (unpaired) electrons. The summed E-state index contributed by atoms with van der Waals surface area (Å²) in [5.41, 5.74) is 3.64. The van der Waals surface area contributed by atoms with Crippen molar-refractivity contribution in [2.24, 2.45) is 4.99 Å². The first-order valence-electron chi connectivity index (χ1n) is 10.4. The Morgan fingerprint density at radius 2 is 1.74 bits per heavy atom. The number of ether oxygens (including phenoxy) is 2. The van der Waals surface area contributed by atoms with Crippen molar-refractivity contribution in [2.45, 2.75) is 26.6 Å². The number of halogens is 2. The predicted molar refractivity (Wildman–Crippen MR) is 138 cm³/mol. The number of aliphatic imine (C=N–C) groups is 1. The van der Waals surface area contributed by atoms with Crippen molar-refractivity contribution in [1.29, 1.82) is 0 Å². The van der Waals surface area contributed by atoms with Gasteiger partial charge in [0.25, 0.3) is 0 Å². The summed E-state index contributed by atoms with van der Waals surface area (Å²) in [6.07, 6.45) is 0. The zero-order chi connectivity index (χ0) is 21.2. The molecular formula is C23H32ClIN4O2. The van der Waals surface area contributed by atoms with E-state index in [0.717, 1.165) is 50.1 Å². The van der Waals surface area contributed by atoms with Gasteiger partial charge in [0, 0.05) is 50.4 Å². The van der Waals surface area contributed by atoms with Gasteiger partial charge < -0.3 is 20.1 Å². The van der Waals surface area contributed by atoms with Gasteiger partial charge in [0.05, 0.1) is 19.8 Å². The molecule has 6 nitrogen and oxygen atoms in total. The van der Waals surface area contributed by atoms with Gasteiger partial charge in [-0.25, -0.2) is 0 Å². The number of benzene rings is 2. The largest absolute Gasteiger partial charge is 0.493 e. The summed E-state index contributed by atoms with van der Waals surface area (Å²) in [7, 11) is 1.78. The number of hydrogen-bond acceptors (Lipinski definition) is 4. The summed E-state index contributed by atoms with van der Waals surface area (Å²) >= 11 is 6.10. The normalized spacial score (nSPS) is 14.6. The van der Waals surface area contributed by atoms with Crippen LogP contribution in [0.4, 0.5) is 0 Å². The Balaban J connectivity index is 0.00000341. The minimum atomic E-state index is 0. The van der Waals surface area contributed by atoms with Crippen LogP contribution in [0.2, 0.25) is 5.02 Å². The van der Waals surface area contributed by atoms with E-state index in [-0.39, 0.29) is 24.0 Å². The minimum absolute atomic E-state index is 0. The third kappa shape index (κ3) is 8.14. The van der Waals surface area contributed by atoms with Crippen molar-refractivity contribution in [3.05, 3.63) is 64.2 Å². The summed E-state index contributed by atoms with van der Waals surface area (Å²) in [6, 6.07) is 14.2. The minimum Gasteiger partial charge on any atom is -0.493 e. The molecule has 2 aromatic carbocycles. The molecule has 1 heterocycles. The number of rotatable bonds is 8. The number of nitrogens with zero attached hydrogens (tertiary/aromatic N) is 2. The summed E-state index contributed by atoms with van der Waals surface area (Å²) in [5, 5.41) is 7.46. The lowest BCUT2D eigenvalue weighted by atomic mass is 10.1. The summed E-state index contributed by atoms with van der Waals surface area (Å²) < 4.78 is 11.2. The number of morpholine rings is 1. The molecule has 170 valence electrons. The van der Waals surface area contributed by atoms with E-state index >= 15 is 0 Å². The fourth-order valence-corrected chi connectivity index (χ4v) is 3.59. The standard InChI is InChI=1S/C23H31ClN4O2.HI/c1-3-30-22-14-21(24)9-8-19(22)16-27-23(25-2)26-15-18-6-4-5-7-20(18)17-28-10-12-29-13-11-28;/h4-9,14H,3,10-13,15-17H2,1-2H3,(H2,25,26,27);1H. The maximum atomic E-state index is 6.10. The third-order valence-corrected chi connectivity index (χ3v) is 5.30. The molecule has 2 N–H and O–H groups in total. The zero-order valence-corrected chi connectivity index (χ0v) is 21.3. The van der Waals surface area contributed by atoms with Gasteiger partial charge in [0.15, 0.2) is 5.96 Å². The van der Waals surface area contributed by atoms with E-state index < -0.39 is 0 Å². The molecule has 8 heteroatoms. The van der Waals surface area contributed by atoms with Gasteiger partial charge in [0.1, 0.15) is 5.75 Å². The Hall–Kier alpha value is -1.55. The maximum absolute atomic E-state index is 6.10. The van der Waals surface area contributed by atoms with Gasteiger partial charge in [-0.1, -0.05) is 41.9 Å². The van der Waals surface area contributed by atoms with E-state index in [4.69, 9.17) is 21.1 Å². The van der Waals surface area contributed by atoms with Crippen LogP contribution in [0.5, 0.6) is 5.75 Å². The van der Waals surface area contributed by atoms with Crippen molar-refractivity contribution in [1.82, 2.24) is 15.5 Å². The first kappa shape index (κ1) is 25.7. The Morgan fingerprint density at radius 1 is 1.06 bits per heavy atom. The van der Waals surface area contributed by atoms with Crippen LogP contribution in [0, 0.1) is 0 Å². The second-order valence-electron chi connectivity index (χ2n) is 7.12. The van der Waals surface area contributed by atoms with Gasteiger partial charge in [-0.2, -0.15) is 0 Å². The van der Waals surface area contributed by atoms with Crippen molar-refractivity contribution < 1.29 is 9.47 Å². The molecular weight excluding hydrogens is 527 g/mol. The highest BCUT2D eigenvalue weighted by atomic mass is 127. The van der Waals surface area contributed by atoms with E-state index in [1.807, 2.05) is 25.1 Å². The lowest BCUT2D eigenvalue weighted by Crippen LogP contribution is -2.37. The van der Waals surface area contributed by atoms with Gasteiger partial charge in [-0.05, 0) is 30.2 Å². The van der Waals surface area contributed by atoms with E-state index in [2.05, 4.69) is 44.8 Å². The first-order chi connectivity index (χ1) is 14.7. The molecule has 1 aliphatic rings. The molecule has 3 rings (SSSR count). The Morgan fingerprint density at radius 3 is 2.42 bits per heavy atom. The molecule has 31 heavy (non-hydrogen) atoms. The Kier molecular flexibility index (Phi) is 11.4. The van der Waals surface area contributed by atoms with Crippen LogP contribution in [0.3, 0.4) is 0 Å². The van der Waals surface area contributed by atoms with Crippen molar-refractivity contribution >= 4 is 41.5 Å². The van der Waals surface area contributed by atoms with E-state index in [1.165, 1.54) is 11.1 Å². The fourth-order valence-electron chi connectivity index (χ4n) is 3.43. The second-order valence-corrected chi connectivity index (χ2v) is 7.56. The highest BCUT2D eigenvalue weighted by Crippen LogP contribution is 2.23. The molecule has 0 bridgehead atoms. The summed E-state index contributed by atoms with van der Waals surface area (Å²) in [6.45, 7) is 8.39. The highest BCUT2D eigenvalue weighted by molar-refractivity contribution is 14.0. The molecule has 0 spiro atoms. The van der Waals surface area contributed by atoms with Crippen LogP contribution in [0.1, 0.15) is 23.6 Å². The highest BCUT2D eigenvalue weighted by Gasteiger charge is 2.13. The second kappa shape index (κ2) is 13.8. The SMILES string of the molecule is CCOc1cc(Cl)ccc1CNC(=NC)NCc1ccccc1CN1CCOCC1.I. The molecule has 2 aromatic rings. The van der Waals surface area contributed by atoms with Crippen LogP contribution >= 0.6 is 35.6 Å². The molecule has 0 aliphatic carbocycles. The lowest BCUT2D eigenvalue weighted by molar-refractivity contribution is 0.0341. The maximum Gasteiger partial charge on any atom is 0.191 e. The molecule has 0 atom stereocenters. The average molecular weight is 559 g/mol. The first-order valence-corrected chi connectivity index (χ1v) is 10.8. The molecule has 1 fully saturated rings. The van der Waals surface area contributed by atoms with Gasteiger partial charge in [-0.3, -0.25) is 9.89 Å². The molecule has 1 saturated heterocycles. The Bertz CT molecular complexity index is 844. The van der Waals surface area contributed by atoms with Gasteiger partial charge in [-0.15, -0.1) is 24.0 Å². The predicted octanol–water partition coefficient (Wildman–Crippen LogP) is 4.05. The quantitative estimate of drug-likeness (QED) is 0.291. The van der Waals surface area contributed by atoms with Crippen LogP contribution in [0.15, 0.2) is 47.5 Å². The topological polar surface area (TPSA) is 58.1 Å². The van der Waals surface area contributed by atoms with Crippen LogP contribution in [0.25, 0.3) is 0 Å². The smallest absolute Gasteiger partial charge is 0.191 e. The Labute approximate surface area is 207 Å². The van der Waals surface area contributed by atoms with Crippen LogP contribution < -0.4 is 15.4 Å². The molecule has 0 aromatic heterocycles. The van der Waals surface area contributed by atoms with E-state index in [9.17, 15) is 0 Å². The third-order valence-electron chi connectivity index (χ3n) is 5.06. The number of hydrogen-bond donors (Lipinski definition) is 2. The monoisotopic (exact) mass is 558 g/mol. The van der Waals surface area contributed by atoms with E-state index in [0.29, 0.717) is 24.7 Å². The molecule has 0 unspecified atom stereocenters. The number of nitrogens with one attached hydrogen (secondary N) is 2. The summed E-state index contributed by atoms with van der Waals surface area (Å²) in [4.78, 5) is 6.79. The molecule has 0 amide bonds. The van der Waals surface area contributed by atoms with Crippen LogP contribution in [-0.2, 0) is 24.4 Å². The number of guanidine groups is 1. The van der Waals surface area contributed by atoms with Gasteiger partial charge >= 0.3 is 0 Å². The van der Waals surface area contributed by atoms with E-state index in [1.54, 1.807) is 7.05 Å². The van der Waals surface area contributed by atoms with Crippen LogP contribution in [-0.4, -0.2) is 50.8 Å². The van der Waals surface area contributed by atoms with Crippen molar-refractivity contribution in [3.8, 4) is 5.75 Å².